The summed E-state index contributed by atoms with van der Waals surface area (Å²) in [7, 11) is 0. The van der Waals surface area contributed by atoms with Gasteiger partial charge in [-0.1, -0.05) is 34.6 Å². The van der Waals surface area contributed by atoms with E-state index in [1.54, 1.807) is 0 Å². The van der Waals surface area contributed by atoms with E-state index in [-0.39, 0.29) is 0 Å². The third-order valence-corrected chi connectivity index (χ3v) is 5.69. The van der Waals surface area contributed by atoms with Crippen LogP contribution in [0.4, 0.5) is 0 Å². The summed E-state index contributed by atoms with van der Waals surface area (Å²) >= 11 is 1.99. The SMILES string of the molecule is CCc1ccc(CN2CC(C(C)(C)C)NCC2CC)s1. The Balaban J connectivity index is 2.05. The van der Waals surface area contributed by atoms with Gasteiger partial charge in [0.25, 0.3) is 0 Å². The minimum Gasteiger partial charge on any atom is -0.311 e. The molecule has 20 heavy (non-hydrogen) atoms. The van der Waals surface area contributed by atoms with Gasteiger partial charge >= 0.3 is 0 Å². The molecule has 114 valence electrons. The number of thiophene rings is 1. The molecule has 0 saturated carbocycles. The molecule has 0 amide bonds. The van der Waals surface area contributed by atoms with E-state index in [0.717, 1.165) is 19.5 Å². The Labute approximate surface area is 128 Å². The van der Waals surface area contributed by atoms with Gasteiger partial charge in [-0.2, -0.15) is 0 Å². The van der Waals surface area contributed by atoms with E-state index in [2.05, 4.69) is 57.0 Å². The van der Waals surface area contributed by atoms with E-state index in [0.29, 0.717) is 17.5 Å². The van der Waals surface area contributed by atoms with Crippen molar-refractivity contribution in [1.29, 1.82) is 0 Å². The lowest BCUT2D eigenvalue weighted by Crippen LogP contribution is -2.59. The summed E-state index contributed by atoms with van der Waals surface area (Å²) < 4.78 is 0. The highest BCUT2D eigenvalue weighted by molar-refractivity contribution is 7.11. The van der Waals surface area contributed by atoms with Crippen LogP contribution in [-0.2, 0) is 13.0 Å². The highest BCUT2D eigenvalue weighted by Crippen LogP contribution is 2.27. The Hall–Kier alpha value is -0.380. The molecule has 2 heterocycles. The van der Waals surface area contributed by atoms with Crippen LogP contribution in [0.3, 0.4) is 0 Å². The van der Waals surface area contributed by atoms with Gasteiger partial charge in [0.2, 0.25) is 0 Å². The van der Waals surface area contributed by atoms with E-state index in [9.17, 15) is 0 Å². The first kappa shape index (κ1) is 16.0. The largest absolute Gasteiger partial charge is 0.311 e. The number of hydrogen-bond acceptors (Lipinski definition) is 3. The van der Waals surface area contributed by atoms with Crippen molar-refractivity contribution >= 4 is 11.3 Å². The second-order valence-electron chi connectivity index (χ2n) is 7.04. The van der Waals surface area contributed by atoms with Gasteiger partial charge in [0.15, 0.2) is 0 Å². The van der Waals surface area contributed by atoms with Gasteiger partial charge in [-0.15, -0.1) is 11.3 Å². The van der Waals surface area contributed by atoms with Crippen molar-refractivity contribution in [3.05, 3.63) is 21.9 Å². The highest BCUT2D eigenvalue weighted by Gasteiger charge is 2.33. The maximum atomic E-state index is 3.75. The standard InChI is InChI=1S/C17H30N2S/c1-6-13-10-18-16(17(3,4)5)12-19(13)11-15-9-8-14(7-2)20-15/h8-9,13,16,18H,6-7,10-12H2,1-5H3. The molecule has 0 spiro atoms. The van der Waals surface area contributed by atoms with Crippen LogP contribution < -0.4 is 5.32 Å². The molecule has 2 atom stereocenters. The van der Waals surface area contributed by atoms with E-state index < -0.39 is 0 Å². The van der Waals surface area contributed by atoms with Crippen molar-refractivity contribution in [2.75, 3.05) is 13.1 Å². The van der Waals surface area contributed by atoms with Gasteiger partial charge in [-0.05, 0) is 30.4 Å². The smallest absolute Gasteiger partial charge is 0.0332 e. The molecule has 2 rings (SSSR count). The lowest BCUT2D eigenvalue weighted by atomic mass is 9.84. The Morgan fingerprint density at radius 1 is 1.25 bits per heavy atom. The number of rotatable bonds is 4. The van der Waals surface area contributed by atoms with Gasteiger partial charge in [0.1, 0.15) is 0 Å². The van der Waals surface area contributed by atoms with Crippen LogP contribution >= 0.6 is 11.3 Å². The molecular formula is C17H30N2S. The molecular weight excluding hydrogens is 264 g/mol. The van der Waals surface area contributed by atoms with Crippen molar-refractivity contribution < 1.29 is 0 Å². The van der Waals surface area contributed by atoms with Crippen LogP contribution in [0.2, 0.25) is 0 Å². The van der Waals surface area contributed by atoms with E-state index in [1.807, 2.05) is 11.3 Å². The number of piperazine rings is 1. The van der Waals surface area contributed by atoms with Crippen LogP contribution in [0.5, 0.6) is 0 Å². The molecule has 0 aliphatic carbocycles. The molecule has 0 bridgehead atoms. The third-order valence-electron chi connectivity index (χ3n) is 4.47. The van der Waals surface area contributed by atoms with Gasteiger partial charge in [0, 0.05) is 41.5 Å². The fourth-order valence-corrected chi connectivity index (χ4v) is 3.91. The van der Waals surface area contributed by atoms with Crippen molar-refractivity contribution in [3.8, 4) is 0 Å². The van der Waals surface area contributed by atoms with Crippen LogP contribution in [0, 0.1) is 5.41 Å². The molecule has 1 aliphatic heterocycles. The molecule has 3 heteroatoms. The summed E-state index contributed by atoms with van der Waals surface area (Å²) in [6.45, 7) is 15.0. The molecule has 0 radical (unpaired) electrons. The molecule has 1 aliphatic rings. The minimum absolute atomic E-state index is 0.334. The van der Waals surface area contributed by atoms with Crippen LogP contribution in [0.15, 0.2) is 12.1 Å². The van der Waals surface area contributed by atoms with Gasteiger partial charge < -0.3 is 5.32 Å². The summed E-state index contributed by atoms with van der Waals surface area (Å²) in [4.78, 5) is 5.72. The number of nitrogens with one attached hydrogen (secondary N) is 1. The second kappa shape index (κ2) is 6.59. The first-order chi connectivity index (χ1) is 9.44. The molecule has 1 saturated heterocycles. The molecule has 1 aromatic heterocycles. The van der Waals surface area contributed by atoms with Crippen molar-refractivity contribution in [2.45, 2.75) is 66.1 Å². The van der Waals surface area contributed by atoms with E-state index >= 15 is 0 Å². The summed E-state index contributed by atoms with van der Waals surface area (Å²) in [6.07, 6.45) is 2.39. The van der Waals surface area contributed by atoms with Gasteiger partial charge in [-0.3, -0.25) is 4.90 Å². The fourth-order valence-electron chi connectivity index (χ4n) is 2.93. The lowest BCUT2D eigenvalue weighted by Gasteiger charge is -2.44. The van der Waals surface area contributed by atoms with Crippen LogP contribution in [-0.4, -0.2) is 30.1 Å². The molecule has 1 N–H and O–H groups in total. The van der Waals surface area contributed by atoms with Crippen molar-refractivity contribution in [2.24, 2.45) is 5.41 Å². The number of nitrogens with zero attached hydrogens (tertiary/aromatic N) is 1. The predicted molar refractivity (Wildman–Crippen MR) is 89.4 cm³/mol. The van der Waals surface area contributed by atoms with Crippen molar-refractivity contribution in [1.82, 2.24) is 10.2 Å². The monoisotopic (exact) mass is 294 g/mol. The predicted octanol–water partition coefficient (Wildman–Crippen LogP) is 3.91. The van der Waals surface area contributed by atoms with Crippen LogP contribution in [0.1, 0.15) is 50.8 Å². The zero-order chi connectivity index (χ0) is 14.8. The summed E-state index contributed by atoms with van der Waals surface area (Å²) in [5.74, 6) is 0. The van der Waals surface area contributed by atoms with E-state index in [1.165, 1.54) is 22.7 Å². The first-order valence-corrected chi connectivity index (χ1v) is 8.80. The molecule has 1 aromatic rings. The maximum Gasteiger partial charge on any atom is 0.0332 e. The third kappa shape index (κ3) is 3.84. The zero-order valence-electron chi connectivity index (χ0n) is 13.7. The number of aryl methyl sites for hydroxylation is 1. The highest BCUT2D eigenvalue weighted by atomic mass is 32.1. The first-order valence-electron chi connectivity index (χ1n) is 7.99. The minimum atomic E-state index is 0.334. The summed E-state index contributed by atoms with van der Waals surface area (Å²) in [6, 6.07) is 5.89. The fraction of sp³-hybridized carbons (Fsp3) is 0.765. The average molecular weight is 295 g/mol. The molecule has 0 aromatic carbocycles. The molecule has 1 fully saturated rings. The quantitative estimate of drug-likeness (QED) is 0.906. The summed E-state index contributed by atoms with van der Waals surface area (Å²) in [5, 5.41) is 3.75. The molecule has 2 unspecified atom stereocenters. The zero-order valence-corrected chi connectivity index (χ0v) is 14.5. The summed E-state index contributed by atoms with van der Waals surface area (Å²) in [5.41, 5.74) is 0.334. The Morgan fingerprint density at radius 3 is 2.50 bits per heavy atom. The van der Waals surface area contributed by atoms with Crippen LogP contribution in [0.25, 0.3) is 0 Å². The lowest BCUT2D eigenvalue weighted by molar-refractivity contribution is 0.0783. The maximum absolute atomic E-state index is 3.75. The average Bonchev–Trinajstić information content (AvgIpc) is 2.85. The van der Waals surface area contributed by atoms with E-state index in [4.69, 9.17) is 0 Å². The van der Waals surface area contributed by atoms with Gasteiger partial charge in [-0.25, -0.2) is 0 Å². The Kier molecular flexibility index (Phi) is 5.27. The van der Waals surface area contributed by atoms with Gasteiger partial charge in [0.05, 0.1) is 0 Å². The Morgan fingerprint density at radius 2 is 1.95 bits per heavy atom. The van der Waals surface area contributed by atoms with Crippen molar-refractivity contribution in [3.63, 3.8) is 0 Å². The second-order valence-corrected chi connectivity index (χ2v) is 8.29. The number of hydrogen-bond donors (Lipinski definition) is 1. The normalized spacial score (nSPS) is 25.1. The molecule has 2 nitrogen and oxygen atoms in total. The topological polar surface area (TPSA) is 15.3 Å². The Bertz CT molecular complexity index is 419.